The van der Waals surface area contributed by atoms with E-state index in [1.54, 1.807) is 0 Å². The van der Waals surface area contributed by atoms with Gasteiger partial charge in [-0.05, 0) is 20.3 Å². The first-order chi connectivity index (χ1) is 9.96. The summed E-state index contributed by atoms with van der Waals surface area (Å²) in [4.78, 5) is 13.7. The fourth-order valence-electron chi connectivity index (χ4n) is 2.51. The molecule has 6 nitrogen and oxygen atoms in total. The zero-order valence-corrected chi connectivity index (χ0v) is 13.0. The molecule has 0 saturated heterocycles. The Bertz CT molecular complexity index is 507. The standard InChI is InChI=1S/C15H26N2O4/c1-4-11(2)17-12(3)9-14(20)15(21)13(17)10-16(5-7-18)6-8-19/h9,11,18-19,21H,4-8,10H2,1-3H3. The fourth-order valence-corrected chi connectivity index (χ4v) is 2.51. The molecule has 120 valence electrons. The molecule has 1 heterocycles. The zero-order valence-electron chi connectivity index (χ0n) is 13.0. The van der Waals surface area contributed by atoms with Gasteiger partial charge in [0.25, 0.3) is 0 Å². The maximum absolute atomic E-state index is 11.8. The van der Waals surface area contributed by atoms with Crippen molar-refractivity contribution in [1.29, 1.82) is 0 Å². The highest BCUT2D eigenvalue weighted by Crippen LogP contribution is 2.23. The van der Waals surface area contributed by atoms with Gasteiger partial charge >= 0.3 is 0 Å². The van der Waals surface area contributed by atoms with E-state index in [2.05, 4.69) is 0 Å². The van der Waals surface area contributed by atoms with Gasteiger partial charge in [-0.15, -0.1) is 0 Å². The van der Waals surface area contributed by atoms with Crippen molar-refractivity contribution >= 4 is 0 Å². The minimum absolute atomic E-state index is 0.0415. The first-order valence-electron chi connectivity index (χ1n) is 7.34. The third-order valence-corrected chi connectivity index (χ3v) is 3.75. The van der Waals surface area contributed by atoms with Crippen LogP contribution in [0.2, 0.25) is 0 Å². The highest BCUT2D eigenvalue weighted by Gasteiger charge is 2.18. The van der Waals surface area contributed by atoms with Gasteiger partial charge in [-0.3, -0.25) is 9.69 Å². The zero-order chi connectivity index (χ0) is 16.0. The third-order valence-electron chi connectivity index (χ3n) is 3.75. The SMILES string of the molecule is CCC(C)n1c(C)cc(=O)c(O)c1CN(CCO)CCO. The van der Waals surface area contributed by atoms with E-state index >= 15 is 0 Å². The summed E-state index contributed by atoms with van der Waals surface area (Å²) < 4.78 is 1.96. The molecule has 21 heavy (non-hydrogen) atoms. The summed E-state index contributed by atoms with van der Waals surface area (Å²) in [6.07, 6.45) is 0.871. The van der Waals surface area contributed by atoms with E-state index in [1.165, 1.54) is 6.07 Å². The molecule has 0 spiro atoms. The van der Waals surface area contributed by atoms with Crippen LogP contribution in [0.3, 0.4) is 0 Å². The lowest BCUT2D eigenvalue weighted by Crippen LogP contribution is -2.32. The molecule has 0 radical (unpaired) electrons. The Hall–Kier alpha value is -1.37. The van der Waals surface area contributed by atoms with Crippen molar-refractivity contribution in [3.05, 3.63) is 27.7 Å². The molecule has 0 bridgehead atoms. The largest absolute Gasteiger partial charge is 0.503 e. The Morgan fingerprint density at radius 2 is 1.86 bits per heavy atom. The number of aryl methyl sites for hydroxylation is 1. The average Bonchev–Trinajstić information content (AvgIpc) is 2.44. The summed E-state index contributed by atoms with van der Waals surface area (Å²) in [6.45, 7) is 6.91. The van der Waals surface area contributed by atoms with Crippen LogP contribution in [0.25, 0.3) is 0 Å². The number of nitrogens with zero attached hydrogens (tertiary/aromatic N) is 2. The minimum Gasteiger partial charge on any atom is -0.503 e. The third kappa shape index (κ3) is 4.30. The van der Waals surface area contributed by atoms with E-state index in [-0.39, 0.29) is 25.0 Å². The van der Waals surface area contributed by atoms with Crippen molar-refractivity contribution < 1.29 is 15.3 Å². The minimum atomic E-state index is -0.394. The second kappa shape index (κ2) is 8.17. The number of hydrogen-bond acceptors (Lipinski definition) is 5. The average molecular weight is 298 g/mol. The summed E-state index contributed by atoms with van der Waals surface area (Å²) in [7, 11) is 0. The second-order valence-electron chi connectivity index (χ2n) is 5.30. The van der Waals surface area contributed by atoms with Gasteiger partial charge in [0, 0.05) is 37.4 Å². The van der Waals surface area contributed by atoms with Crippen molar-refractivity contribution in [2.24, 2.45) is 0 Å². The lowest BCUT2D eigenvalue weighted by molar-refractivity contribution is 0.151. The Labute approximate surface area is 125 Å². The molecule has 1 unspecified atom stereocenters. The van der Waals surface area contributed by atoms with Crippen molar-refractivity contribution in [1.82, 2.24) is 9.47 Å². The summed E-state index contributed by atoms with van der Waals surface area (Å²) in [5, 5.41) is 28.3. The van der Waals surface area contributed by atoms with Crippen LogP contribution in [0.5, 0.6) is 5.75 Å². The maximum Gasteiger partial charge on any atom is 0.223 e. The summed E-state index contributed by atoms with van der Waals surface area (Å²) in [6, 6.07) is 1.59. The van der Waals surface area contributed by atoms with Crippen molar-refractivity contribution in [2.75, 3.05) is 26.3 Å². The number of pyridine rings is 1. The predicted octanol–water partition coefficient (Wildman–Crippen LogP) is 0.620. The molecule has 6 heteroatoms. The van der Waals surface area contributed by atoms with E-state index in [0.29, 0.717) is 25.3 Å². The van der Waals surface area contributed by atoms with Gasteiger partial charge < -0.3 is 19.9 Å². The van der Waals surface area contributed by atoms with E-state index in [1.807, 2.05) is 30.2 Å². The number of aromatic nitrogens is 1. The summed E-state index contributed by atoms with van der Waals surface area (Å²) >= 11 is 0. The number of aromatic hydroxyl groups is 1. The van der Waals surface area contributed by atoms with Crippen molar-refractivity contribution in [3.8, 4) is 5.75 Å². The van der Waals surface area contributed by atoms with Gasteiger partial charge in [0.05, 0.1) is 18.9 Å². The van der Waals surface area contributed by atoms with Crippen molar-refractivity contribution in [2.45, 2.75) is 39.8 Å². The molecule has 3 N–H and O–H groups in total. The van der Waals surface area contributed by atoms with E-state index in [0.717, 1.165) is 12.1 Å². The van der Waals surface area contributed by atoms with Crippen molar-refractivity contribution in [3.63, 3.8) is 0 Å². The Morgan fingerprint density at radius 3 is 2.33 bits per heavy atom. The van der Waals surface area contributed by atoms with Gasteiger partial charge in [-0.1, -0.05) is 6.92 Å². The lowest BCUT2D eigenvalue weighted by atomic mass is 10.1. The molecule has 0 aromatic carbocycles. The second-order valence-corrected chi connectivity index (χ2v) is 5.30. The molecule has 0 fully saturated rings. The van der Waals surface area contributed by atoms with Gasteiger partial charge in [-0.25, -0.2) is 0 Å². The highest BCUT2D eigenvalue weighted by molar-refractivity contribution is 5.30. The molecule has 0 saturated carbocycles. The van der Waals surface area contributed by atoms with Crippen LogP contribution < -0.4 is 5.43 Å². The van der Waals surface area contributed by atoms with Crippen LogP contribution in [0, 0.1) is 6.92 Å². The molecule has 1 atom stereocenters. The predicted molar refractivity (Wildman–Crippen MR) is 81.6 cm³/mol. The summed E-state index contributed by atoms with van der Waals surface area (Å²) in [5.74, 6) is -0.248. The van der Waals surface area contributed by atoms with Gasteiger partial charge in [0.15, 0.2) is 5.75 Å². The van der Waals surface area contributed by atoms with Gasteiger partial charge in [0.1, 0.15) is 0 Å². The monoisotopic (exact) mass is 298 g/mol. The first kappa shape index (κ1) is 17.7. The molecule has 0 aliphatic carbocycles. The highest BCUT2D eigenvalue weighted by atomic mass is 16.3. The van der Waals surface area contributed by atoms with Crippen LogP contribution in [0.15, 0.2) is 10.9 Å². The van der Waals surface area contributed by atoms with E-state index in [9.17, 15) is 9.90 Å². The lowest BCUT2D eigenvalue weighted by Gasteiger charge is -2.27. The maximum atomic E-state index is 11.8. The van der Waals surface area contributed by atoms with Crippen LogP contribution in [0.4, 0.5) is 0 Å². The first-order valence-corrected chi connectivity index (χ1v) is 7.34. The Morgan fingerprint density at radius 1 is 1.29 bits per heavy atom. The number of aliphatic hydroxyl groups excluding tert-OH is 2. The van der Waals surface area contributed by atoms with Gasteiger partial charge in [-0.2, -0.15) is 0 Å². The number of rotatable bonds is 8. The topological polar surface area (TPSA) is 85.9 Å². The molecular weight excluding hydrogens is 272 g/mol. The van der Waals surface area contributed by atoms with Crippen LogP contribution in [0.1, 0.15) is 37.7 Å². The van der Waals surface area contributed by atoms with Gasteiger partial charge in [0.2, 0.25) is 5.43 Å². The summed E-state index contributed by atoms with van der Waals surface area (Å²) in [5.41, 5.74) is 0.946. The quantitative estimate of drug-likeness (QED) is 0.655. The van der Waals surface area contributed by atoms with Crippen LogP contribution in [-0.2, 0) is 6.54 Å². The fraction of sp³-hybridized carbons (Fsp3) is 0.667. The molecular formula is C15H26N2O4. The number of aliphatic hydroxyl groups is 2. The molecule has 0 amide bonds. The van der Waals surface area contributed by atoms with E-state index < -0.39 is 5.43 Å². The smallest absolute Gasteiger partial charge is 0.223 e. The van der Waals surface area contributed by atoms with Crippen LogP contribution in [-0.4, -0.2) is 51.1 Å². The molecule has 1 rings (SSSR count). The molecule has 0 aliphatic heterocycles. The van der Waals surface area contributed by atoms with Crippen LogP contribution >= 0.6 is 0 Å². The Balaban J connectivity index is 3.27. The molecule has 0 aliphatic rings. The molecule has 1 aromatic heterocycles. The molecule has 1 aromatic rings. The normalized spacial score (nSPS) is 12.9. The van der Waals surface area contributed by atoms with E-state index in [4.69, 9.17) is 10.2 Å². The number of hydrogen-bond donors (Lipinski definition) is 3. The Kier molecular flexibility index (Phi) is 6.87.